The van der Waals surface area contributed by atoms with E-state index in [2.05, 4.69) is 4.37 Å². The Bertz CT molecular complexity index is 1160. The van der Waals surface area contributed by atoms with Crippen LogP contribution in [0.15, 0.2) is 47.4 Å². The molecule has 158 valence electrons. The molecule has 0 bridgehead atoms. The van der Waals surface area contributed by atoms with Gasteiger partial charge in [-0.05, 0) is 61.8 Å². The number of aryl methyl sites for hydroxylation is 1. The highest BCUT2D eigenvalue weighted by Gasteiger charge is 2.31. The second-order valence-electron chi connectivity index (χ2n) is 7.13. The number of carbonyl (C=O) groups excluding carboxylic acids is 1. The molecule has 0 aliphatic carbocycles. The first kappa shape index (κ1) is 20.8. The summed E-state index contributed by atoms with van der Waals surface area (Å²) >= 11 is 1.31. The van der Waals surface area contributed by atoms with Gasteiger partial charge in [0, 0.05) is 31.6 Å². The molecule has 1 amide bonds. The molecule has 0 unspecified atom stereocenters. The molecular weight excluding hydrogens is 422 g/mol. The van der Waals surface area contributed by atoms with Crippen molar-refractivity contribution in [1.82, 2.24) is 13.6 Å². The van der Waals surface area contributed by atoms with Crippen LogP contribution in [0.4, 0.5) is 0 Å². The zero-order valence-electron chi connectivity index (χ0n) is 16.9. The molecule has 1 aliphatic rings. The van der Waals surface area contributed by atoms with E-state index in [1.807, 2.05) is 32.0 Å². The second kappa shape index (κ2) is 8.33. The van der Waals surface area contributed by atoms with Gasteiger partial charge < -0.3 is 9.64 Å². The van der Waals surface area contributed by atoms with Gasteiger partial charge in [-0.2, -0.15) is 8.68 Å². The van der Waals surface area contributed by atoms with Crippen molar-refractivity contribution in [1.29, 1.82) is 0 Å². The number of benzene rings is 2. The number of fused-ring (bicyclic) bond motifs is 1. The molecule has 0 saturated carbocycles. The van der Waals surface area contributed by atoms with E-state index >= 15 is 0 Å². The number of carbonyl (C=O) groups is 1. The van der Waals surface area contributed by atoms with Crippen LogP contribution in [0.3, 0.4) is 0 Å². The SMILES string of the molecule is CCOc1ccc(S(=O)(=O)N2CCN(C(=O)c3nsc4ccc(C)cc34)CC2)cc1. The van der Waals surface area contributed by atoms with Crippen LogP contribution >= 0.6 is 11.5 Å². The normalized spacial score (nSPS) is 15.5. The predicted octanol–water partition coefficient (Wildman–Crippen LogP) is 3.15. The molecule has 1 aromatic heterocycles. The lowest BCUT2D eigenvalue weighted by Crippen LogP contribution is -2.50. The fourth-order valence-electron chi connectivity index (χ4n) is 3.51. The molecule has 9 heteroatoms. The zero-order valence-corrected chi connectivity index (χ0v) is 18.5. The van der Waals surface area contributed by atoms with Crippen molar-refractivity contribution >= 4 is 37.5 Å². The highest BCUT2D eigenvalue weighted by atomic mass is 32.2. The topological polar surface area (TPSA) is 79.8 Å². The van der Waals surface area contributed by atoms with Crippen LogP contribution in [0.25, 0.3) is 10.1 Å². The Balaban J connectivity index is 1.46. The predicted molar refractivity (Wildman–Crippen MR) is 117 cm³/mol. The van der Waals surface area contributed by atoms with E-state index in [9.17, 15) is 13.2 Å². The number of nitrogens with zero attached hydrogens (tertiary/aromatic N) is 3. The standard InChI is InChI=1S/C21H23N3O4S2/c1-3-28-16-5-7-17(8-6-16)30(26,27)24-12-10-23(11-13-24)21(25)20-18-14-15(2)4-9-19(18)29-22-20/h4-9,14H,3,10-13H2,1-2H3. The summed E-state index contributed by atoms with van der Waals surface area (Å²) in [7, 11) is -3.61. The molecule has 0 N–H and O–H groups in total. The first-order valence-electron chi connectivity index (χ1n) is 9.78. The first-order valence-corrected chi connectivity index (χ1v) is 12.0. The van der Waals surface area contributed by atoms with E-state index in [4.69, 9.17) is 4.74 Å². The summed E-state index contributed by atoms with van der Waals surface area (Å²) in [5.74, 6) is 0.488. The van der Waals surface area contributed by atoms with Gasteiger partial charge >= 0.3 is 0 Å². The van der Waals surface area contributed by atoms with Crippen molar-refractivity contribution in [3.8, 4) is 5.75 Å². The average Bonchev–Trinajstić information content (AvgIpc) is 3.17. The van der Waals surface area contributed by atoms with Gasteiger partial charge in [0.2, 0.25) is 10.0 Å². The van der Waals surface area contributed by atoms with Crippen LogP contribution in [-0.4, -0.2) is 60.7 Å². The number of sulfonamides is 1. The Morgan fingerprint density at radius 1 is 1.10 bits per heavy atom. The molecule has 1 aliphatic heterocycles. The minimum absolute atomic E-state index is 0.148. The molecule has 1 saturated heterocycles. The highest BCUT2D eigenvalue weighted by Crippen LogP contribution is 2.26. The molecule has 4 rings (SSSR count). The molecule has 3 aromatic rings. The third-order valence-electron chi connectivity index (χ3n) is 5.13. The third kappa shape index (κ3) is 3.92. The molecule has 2 heterocycles. The number of aromatic nitrogens is 1. The second-order valence-corrected chi connectivity index (χ2v) is 9.87. The maximum Gasteiger partial charge on any atom is 0.274 e. The monoisotopic (exact) mass is 445 g/mol. The van der Waals surface area contributed by atoms with E-state index in [1.165, 1.54) is 15.8 Å². The van der Waals surface area contributed by atoms with Crippen LogP contribution in [0, 0.1) is 6.92 Å². The van der Waals surface area contributed by atoms with E-state index in [-0.39, 0.29) is 23.9 Å². The lowest BCUT2D eigenvalue weighted by Gasteiger charge is -2.33. The molecule has 0 spiro atoms. The summed E-state index contributed by atoms with van der Waals surface area (Å²) in [5, 5.41) is 0.856. The number of hydrogen-bond acceptors (Lipinski definition) is 6. The minimum Gasteiger partial charge on any atom is -0.494 e. The van der Waals surface area contributed by atoms with Gasteiger partial charge in [0.25, 0.3) is 5.91 Å². The van der Waals surface area contributed by atoms with Crippen LogP contribution in [0.5, 0.6) is 5.75 Å². The van der Waals surface area contributed by atoms with Crippen LogP contribution in [0.2, 0.25) is 0 Å². The molecular formula is C21H23N3O4S2. The summed E-state index contributed by atoms with van der Waals surface area (Å²) in [6, 6.07) is 12.4. The number of rotatable bonds is 5. The lowest BCUT2D eigenvalue weighted by atomic mass is 10.1. The summed E-state index contributed by atoms with van der Waals surface area (Å²) in [4.78, 5) is 14.9. The van der Waals surface area contributed by atoms with Gasteiger partial charge in [-0.3, -0.25) is 4.79 Å². The van der Waals surface area contributed by atoms with Crippen molar-refractivity contribution < 1.29 is 17.9 Å². The van der Waals surface area contributed by atoms with Gasteiger partial charge in [-0.15, -0.1) is 0 Å². The molecule has 2 aromatic carbocycles. The highest BCUT2D eigenvalue weighted by molar-refractivity contribution is 7.89. The van der Waals surface area contributed by atoms with Crippen LogP contribution in [0.1, 0.15) is 23.0 Å². The molecule has 0 radical (unpaired) electrons. The average molecular weight is 446 g/mol. The first-order chi connectivity index (χ1) is 14.4. The van der Waals surface area contributed by atoms with Gasteiger partial charge in [0.05, 0.1) is 16.2 Å². The Kier molecular flexibility index (Phi) is 5.77. The summed E-state index contributed by atoms with van der Waals surface area (Å²) < 4.78 is 38.0. The van der Waals surface area contributed by atoms with Crippen molar-refractivity contribution in [3.63, 3.8) is 0 Å². The minimum atomic E-state index is -3.61. The maximum absolute atomic E-state index is 13.0. The summed E-state index contributed by atoms with van der Waals surface area (Å²) in [6.07, 6.45) is 0. The third-order valence-corrected chi connectivity index (χ3v) is 7.87. The van der Waals surface area contributed by atoms with E-state index in [0.717, 1.165) is 15.6 Å². The molecule has 0 atom stereocenters. The van der Waals surface area contributed by atoms with Gasteiger partial charge in [0.1, 0.15) is 11.4 Å². The Labute approximate surface area is 180 Å². The number of hydrogen-bond donors (Lipinski definition) is 0. The van der Waals surface area contributed by atoms with Crippen molar-refractivity contribution in [2.75, 3.05) is 32.8 Å². The van der Waals surface area contributed by atoms with E-state index in [0.29, 0.717) is 31.1 Å². The van der Waals surface area contributed by atoms with Crippen molar-refractivity contribution in [3.05, 3.63) is 53.7 Å². The number of amides is 1. The van der Waals surface area contributed by atoms with Crippen molar-refractivity contribution in [2.45, 2.75) is 18.7 Å². The van der Waals surface area contributed by atoms with Gasteiger partial charge in [-0.1, -0.05) is 11.6 Å². The molecule has 7 nitrogen and oxygen atoms in total. The van der Waals surface area contributed by atoms with E-state index < -0.39 is 10.0 Å². The number of piperazine rings is 1. The maximum atomic E-state index is 13.0. The smallest absolute Gasteiger partial charge is 0.274 e. The Morgan fingerprint density at radius 2 is 1.80 bits per heavy atom. The molecule has 30 heavy (non-hydrogen) atoms. The Morgan fingerprint density at radius 3 is 2.47 bits per heavy atom. The van der Waals surface area contributed by atoms with Gasteiger partial charge in [0.15, 0.2) is 0 Å². The Hall–Kier alpha value is -2.49. The number of ether oxygens (including phenoxy) is 1. The van der Waals surface area contributed by atoms with Gasteiger partial charge in [-0.25, -0.2) is 8.42 Å². The summed E-state index contributed by atoms with van der Waals surface area (Å²) in [6.45, 7) is 5.55. The van der Waals surface area contributed by atoms with Crippen LogP contribution in [-0.2, 0) is 10.0 Å². The zero-order chi connectivity index (χ0) is 21.3. The van der Waals surface area contributed by atoms with Crippen molar-refractivity contribution in [2.24, 2.45) is 0 Å². The lowest BCUT2D eigenvalue weighted by molar-refractivity contribution is 0.0695. The molecule has 1 fully saturated rings. The summed E-state index contributed by atoms with van der Waals surface area (Å²) in [5.41, 5.74) is 1.52. The quantitative estimate of drug-likeness (QED) is 0.603. The fourth-order valence-corrected chi connectivity index (χ4v) is 5.68. The largest absolute Gasteiger partial charge is 0.494 e. The van der Waals surface area contributed by atoms with Crippen LogP contribution < -0.4 is 4.74 Å². The van der Waals surface area contributed by atoms with E-state index in [1.54, 1.807) is 29.2 Å². The fraction of sp³-hybridized carbons (Fsp3) is 0.333.